The standard InChI is InChI=1S/C18H28ClN/c1-12(2)17-10-5-13(3)11-18(17)20-14(4)15-6-8-16(19)9-7-15/h6-9,12-14,17-18,20H,5,10-11H2,1-4H3/t13?,14-,17?,18?/m0/s1. The summed E-state index contributed by atoms with van der Waals surface area (Å²) in [7, 11) is 0. The van der Waals surface area contributed by atoms with E-state index in [-0.39, 0.29) is 0 Å². The van der Waals surface area contributed by atoms with Crippen LogP contribution in [-0.4, -0.2) is 6.04 Å². The zero-order chi connectivity index (χ0) is 14.7. The van der Waals surface area contributed by atoms with Crippen LogP contribution in [0.15, 0.2) is 24.3 Å². The van der Waals surface area contributed by atoms with Crippen LogP contribution in [0.25, 0.3) is 0 Å². The van der Waals surface area contributed by atoms with Gasteiger partial charge in [-0.1, -0.05) is 50.9 Å². The first kappa shape index (κ1) is 15.9. The third-order valence-electron chi connectivity index (χ3n) is 4.86. The Morgan fingerprint density at radius 3 is 2.35 bits per heavy atom. The van der Waals surface area contributed by atoms with Crippen molar-refractivity contribution in [3.05, 3.63) is 34.9 Å². The Morgan fingerprint density at radius 2 is 1.75 bits per heavy atom. The molecule has 1 nitrogen and oxygen atoms in total. The van der Waals surface area contributed by atoms with Crippen LogP contribution in [0.5, 0.6) is 0 Å². The lowest BCUT2D eigenvalue weighted by molar-refractivity contribution is 0.161. The monoisotopic (exact) mass is 293 g/mol. The average molecular weight is 294 g/mol. The highest BCUT2D eigenvalue weighted by Crippen LogP contribution is 2.34. The maximum atomic E-state index is 5.97. The largest absolute Gasteiger partial charge is 0.307 e. The molecule has 2 rings (SSSR count). The first-order valence-corrected chi connectivity index (χ1v) is 8.36. The first-order valence-electron chi connectivity index (χ1n) is 7.99. The van der Waals surface area contributed by atoms with Gasteiger partial charge in [0.1, 0.15) is 0 Å². The van der Waals surface area contributed by atoms with E-state index in [9.17, 15) is 0 Å². The van der Waals surface area contributed by atoms with Crippen LogP contribution >= 0.6 is 11.6 Å². The fourth-order valence-corrected chi connectivity index (χ4v) is 3.69. The minimum atomic E-state index is 0.392. The third-order valence-corrected chi connectivity index (χ3v) is 5.11. The summed E-state index contributed by atoms with van der Waals surface area (Å²) in [6.45, 7) is 9.38. The Bertz CT molecular complexity index is 412. The highest BCUT2D eigenvalue weighted by atomic mass is 35.5. The Kier molecular flexibility index (Phi) is 5.51. The molecular weight excluding hydrogens is 266 g/mol. The molecule has 20 heavy (non-hydrogen) atoms. The van der Waals surface area contributed by atoms with Crippen molar-refractivity contribution in [2.45, 2.75) is 59.0 Å². The summed E-state index contributed by atoms with van der Waals surface area (Å²) < 4.78 is 0. The number of hydrogen-bond donors (Lipinski definition) is 1. The van der Waals surface area contributed by atoms with Crippen molar-refractivity contribution in [1.82, 2.24) is 5.32 Å². The summed E-state index contributed by atoms with van der Waals surface area (Å²) in [5, 5.41) is 4.69. The third kappa shape index (κ3) is 3.99. The van der Waals surface area contributed by atoms with Gasteiger partial charge in [0.25, 0.3) is 0 Å². The summed E-state index contributed by atoms with van der Waals surface area (Å²) in [6, 6.07) is 9.28. The minimum Gasteiger partial charge on any atom is -0.307 e. The number of hydrogen-bond acceptors (Lipinski definition) is 1. The van der Waals surface area contributed by atoms with Crippen LogP contribution in [0.4, 0.5) is 0 Å². The van der Waals surface area contributed by atoms with E-state index in [4.69, 9.17) is 11.6 Å². The summed E-state index contributed by atoms with van der Waals surface area (Å²) in [5.74, 6) is 2.42. The van der Waals surface area contributed by atoms with Crippen LogP contribution in [0.3, 0.4) is 0 Å². The molecule has 1 aromatic carbocycles. The van der Waals surface area contributed by atoms with Gasteiger partial charge in [0.15, 0.2) is 0 Å². The van der Waals surface area contributed by atoms with Gasteiger partial charge in [-0.25, -0.2) is 0 Å². The molecule has 1 saturated carbocycles. The normalized spacial score (nSPS) is 28.6. The van der Waals surface area contributed by atoms with Crippen molar-refractivity contribution in [3.63, 3.8) is 0 Å². The molecule has 1 aliphatic rings. The average Bonchev–Trinajstić information content (AvgIpc) is 2.39. The highest BCUT2D eigenvalue weighted by molar-refractivity contribution is 6.30. The lowest BCUT2D eigenvalue weighted by Crippen LogP contribution is -2.43. The fourth-order valence-electron chi connectivity index (χ4n) is 3.56. The van der Waals surface area contributed by atoms with Gasteiger partial charge in [-0.3, -0.25) is 0 Å². The molecule has 112 valence electrons. The lowest BCUT2D eigenvalue weighted by atomic mass is 9.73. The molecule has 0 radical (unpaired) electrons. The van der Waals surface area contributed by atoms with Crippen LogP contribution < -0.4 is 5.32 Å². The first-order chi connectivity index (χ1) is 9.47. The van der Waals surface area contributed by atoms with E-state index in [2.05, 4.69) is 45.1 Å². The Labute approximate surface area is 129 Å². The van der Waals surface area contributed by atoms with E-state index in [1.165, 1.54) is 24.8 Å². The van der Waals surface area contributed by atoms with Gasteiger partial charge in [0.05, 0.1) is 0 Å². The Morgan fingerprint density at radius 1 is 1.10 bits per heavy atom. The minimum absolute atomic E-state index is 0.392. The van der Waals surface area contributed by atoms with Crippen molar-refractivity contribution in [2.75, 3.05) is 0 Å². The number of halogens is 1. The summed E-state index contributed by atoms with van der Waals surface area (Å²) in [4.78, 5) is 0. The van der Waals surface area contributed by atoms with Gasteiger partial charge < -0.3 is 5.32 Å². The van der Waals surface area contributed by atoms with Crippen molar-refractivity contribution >= 4 is 11.6 Å². The molecular formula is C18H28ClN. The molecule has 0 amide bonds. The van der Waals surface area contributed by atoms with Gasteiger partial charge in [-0.2, -0.15) is 0 Å². The number of benzene rings is 1. The van der Waals surface area contributed by atoms with Crippen LogP contribution in [0, 0.1) is 17.8 Å². The second-order valence-electron chi connectivity index (χ2n) is 6.87. The predicted octanol–water partition coefficient (Wildman–Crippen LogP) is 5.45. The number of rotatable bonds is 4. The fraction of sp³-hybridized carbons (Fsp3) is 0.667. The van der Waals surface area contributed by atoms with E-state index in [1.54, 1.807) is 0 Å². The van der Waals surface area contributed by atoms with Gasteiger partial charge in [0, 0.05) is 17.1 Å². The molecule has 4 atom stereocenters. The zero-order valence-corrected chi connectivity index (χ0v) is 14.0. The topological polar surface area (TPSA) is 12.0 Å². The van der Waals surface area contributed by atoms with E-state index in [1.807, 2.05) is 12.1 Å². The molecule has 1 fully saturated rings. The van der Waals surface area contributed by atoms with Crippen molar-refractivity contribution < 1.29 is 0 Å². The van der Waals surface area contributed by atoms with Gasteiger partial charge in [-0.15, -0.1) is 0 Å². The second kappa shape index (κ2) is 6.95. The molecule has 1 N–H and O–H groups in total. The molecule has 0 aliphatic heterocycles. The molecule has 1 aliphatic carbocycles. The maximum absolute atomic E-state index is 5.97. The predicted molar refractivity (Wildman–Crippen MR) is 88.1 cm³/mol. The van der Waals surface area contributed by atoms with E-state index in [0.717, 1.165) is 22.8 Å². The molecule has 3 unspecified atom stereocenters. The molecule has 2 heteroatoms. The van der Waals surface area contributed by atoms with Gasteiger partial charge in [0.2, 0.25) is 0 Å². The zero-order valence-electron chi connectivity index (χ0n) is 13.2. The van der Waals surface area contributed by atoms with Crippen LogP contribution in [0.2, 0.25) is 5.02 Å². The molecule has 0 saturated heterocycles. The molecule has 0 heterocycles. The van der Waals surface area contributed by atoms with Crippen molar-refractivity contribution in [3.8, 4) is 0 Å². The Balaban J connectivity index is 2.03. The van der Waals surface area contributed by atoms with E-state index in [0.29, 0.717) is 12.1 Å². The quantitative estimate of drug-likeness (QED) is 0.778. The number of nitrogens with one attached hydrogen (secondary N) is 1. The second-order valence-corrected chi connectivity index (χ2v) is 7.31. The van der Waals surface area contributed by atoms with Gasteiger partial charge in [-0.05, 0) is 55.2 Å². The lowest BCUT2D eigenvalue weighted by Gasteiger charge is -2.39. The van der Waals surface area contributed by atoms with Crippen molar-refractivity contribution in [2.24, 2.45) is 17.8 Å². The molecule has 1 aromatic rings. The highest BCUT2D eigenvalue weighted by Gasteiger charge is 2.31. The van der Waals surface area contributed by atoms with E-state index < -0.39 is 0 Å². The SMILES string of the molecule is CC1CCC(C(C)C)C(N[C@@H](C)c2ccc(Cl)cc2)C1. The summed E-state index contributed by atoms with van der Waals surface area (Å²) >= 11 is 5.97. The van der Waals surface area contributed by atoms with Crippen LogP contribution in [0.1, 0.15) is 58.6 Å². The van der Waals surface area contributed by atoms with Crippen LogP contribution in [-0.2, 0) is 0 Å². The molecule has 0 spiro atoms. The Hall–Kier alpha value is -0.530. The maximum Gasteiger partial charge on any atom is 0.0406 e. The van der Waals surface area contributed by atoms with E-state index >= 15 is 0 Å². The smallest absolute Gasteiger partial charge is 0.0406 e. The summed E-state index contributed by atoms with van der Waals surface area (Å²) in [5.41, 5.74) is 1.33. The van der Waals surface area contributed by atoms with Crippen molar-refractivity contribution in [1.29, 1.82) is 0 Å². The molecule has 0 bridgehead atoms. The van der Waals surface area contributed by atoms with Gasteiger partial charge >= 0.3 is 0 Å². The molecule has 0 aromatic heterocycles. The summed E-state index contributed by atoms with van der Waals surface area (Å²) in [6.07, 6.45) is 4.06.